The smallest absolute Gasteiger partial charge is 0.226 e. The van der Waals surface area contributed by atoms with Gasteiger partial charge in [0, 0.05) is 31.4 Å². The standard InChI is InChI=1S/C25H27FN8O2/c1-3-34-10-8-15(9-11-34)32-25-21-18(13-28-24(21)29-14-30-25)22(35)17-5-6-19(33-23(17)26)31-16-4-7-20(36-2)27-12-16/h4-7,12-15H,3,8-11H2,1-2H3,(H,31,33)(H2,28,29,30,32). The van der Waals surface area contributed by atoms with Crippen molar-refractivity contribution >= 4 is 34.1 Å². The zero-order valence-corrected chi connectivity index (χ0v) is 20.1. The highest BCUT2D eigenvalue weighted by Gasteiger charge is 2.24. The van der Waals surface area contributed by atoms with Crippen LogP contribution in [0.3, 0.4) is 0 Å². The van der Waals surface area contributed by atoms with Crippen molar-refractivity contribution in [3.63, 3.8) is 0 Å². The minimum absolute atomic E-state index is 0.139. The third-order valence-corrected chi connectivity index (χ3v) is 6.40. The molecule has 36 heavy (non-hydrogen) atoms. The summed E-state index contributed by atoms with van der Waals surface area (Å²) >= 11 is 0. The quantitative estimate of drug-likeness (QED) is 0.250. The summed E-state index contributed by atoms with van der Waals surface area (Å²) in [7, 11) is 1.52. The highest BCUT2D eigenvalue weighted by Crippen LogP contribution is 2.28. The number of hydrogen-bond acceptors (Lipinski definition) is 9. The summed E-state index contributed by atoms with van der Waals surface area (Å²) in [6.45, 7) is 5.20. The van der Waals surface area contributed by atoms with Gasteiger partial charge < -0.3 is 25.3 Å². The lowest BCUT2D eigenvalue weighted by atomic mass is 10.0. The third kappa shape index (κ3) is 4.82. The van der Waals surface area contributed by atoms with E-state index in [9.17, 15) is 9.18 Å². The van der Waals surface area contributed by atoms with E-state index in [0.29, 0.717) is 34.0 Å². The minimum atomic E-state index is -0.876. The predicted octanol–water partition coefficient (Wildman–Crippen LogP) is 3.77. The number of nitrogens with zero attached hydrogens (tertiary/aromatic N) is 5. The number of fused-ring (bicyclic) bond motifs is 1. The van der Waals surface area contributed by atoms with E-state index in [-0.39, 0.29) is 17.4 Å². The van der Waals surface area contributed by atoms with Crippen LogP contribution in [0.25, 0.3) is 11.0 Å². The zero-order valence-electron chi connectivity index (χ0n) is 20.1. The van der Waals surface area contributed by atoms with Crippen molar-refractivity contribution in [2.24, 2.45) is 0 Å². The first kappa shape index (κ1) is 23.6. The van der Waals surface area contributed by atoms with Gasteiger partial charge in [-0.05, 0) is 37.6 Å². The van der Waals surface area contributed by atoms with Crippen LogP contribution >= 0.6 is 0 Å². The highest BCUT2D eigenvalue weighted by molar-refractivity contribution is 6.18. The fourth-order valence-electron chi connectivity index (χ4n) is 4.38. The molecule has 3 N–H and O–H groups in total. The number of pyridine rings is 2. The van der Waals surface area contributed by atoms with Crippen molar-refractivity contribution < 1.29 is 13.9 Å². The van der Waals surface area contributed by atoms with Crippen molar-refractivity contribution in [1.29, 1.82) is 0 Å². The fourth-order valence-corrected chi connectivity index (χ4v) is 4.38. The van der Waals surface area contributed by atoms with E-state index < -0.39 is 11.7 Å². The lowest BCUT2D eigenvalue weighted by molar-refractivity contribution is 0.103. The lowest BCUT2D eigenvalue weighted by Crippen LogP contribution is -2.39. The van der Waals surface area contributed by atoms with E-state index in [1.165, 1.54) is 19.5 Å². The van der Waals surface area contributed by atoms with Crippen molar-refractivity contribution in [1.82, 2.24) is 29.8 Å². The van der Waals surface area contributed by atoms with Crippen molar-refractivity contribution in [3.8, 4) is 5.88 Å². The number of aromatic nitrogens is 5. The third-order valence-electron chi connectivity index (χ3n) is 6.40. The summed E-state index contributed by atoms with van der Waals surface area (Å²) in [4.78, 5) is 35.5. The number of ether oxygens (including phenoxy) is 1. The van der Waals surface area contributed by atoms with E-state index >= 15 is 0 Å². The van der Waals surface area contributed by atoms with Crippen molar-refractivity contribution in [2.75, 3.05) is 37.4 Å². The average molecular weight is 491 g/mol. The number of nitrogens with one attached hydrogen (secondary N) is 3. The Bertz CT molecular complexity index is 1370. The molecule has 0 saturated carbocycles. The van der Waals surface area contributed by atoms with Gasteiger partial charge in [-0.3, -0.25) is 4.79 Å². The van der Waals surface area contributed by atoms with Crippen molar-refractivity contribution in [2.45, 2.75) is 25.8 Å². The molecule has 4 aromatic rings. The van der Waals surface area contributed by atoms with Crippen LogP contribution in [0, 0.1) is 5.95 Å². The maximum absolute atomic E-state index is 15.0. The molecule has 1 saturated heterocycles. The number of ketones is 1. The van der Waals surface area contributed by atoms with Gasteiger partial charge in [0.05, 0.1) is 35.5 Å². The number of carbonyl (C=O) groups is 1. The molecule has 1 aliphatic rings. The Morgan fingerprint density at radius 2 is 2.00 bits per heavy atom. The van der Waals surface area contributed by atoms with Gasteiger partial charge in [-0.1, -0.05) is 6.92 Å². The maximum Gasteiger partial charge on any atom is 0.226 e. The molecule has 1 fully saturated rings. The van der Waals surface area contributed by atoms with Crippen LogP contribution in [0.15, 0.2) is 43.0 Å². The summed E-state index contributed by atoms with van der Waals surface area (Å²) < 4.78 is 20.0. The number of piperidine rings is 1. The van der Waals surface area contributed by atoms with Crippen LogP contribution in [0.5, 0.6) is 5.88 Å². The van der Waals surface area contributed by atoms with E-state index in [4.69, 9.17) is 4.74 Å². The molecule has 0 bridgehead atoms. The molecule has 0 amide bonds. The summed E-state index contributed by atoms with van der Waals surface area (Å²) in [6.07, 6.45) is 6.49. The van der Waals surface area contributed by atoms with Gasteiger partial charge in [0.25, 0.3) is 0 Å². The molecule has 0 aliphatic carbocycles. The van der Waals surface area contributed by atoms with Crippen LogP contribution in [-0.2, 0) is 0 Å². The number of rotatable bonds is 8. The Balaban J connectivity index is 1.37. The molecule has 11 heteroatoms. The van der Waals surface area contributed by atoms with Crippen LogP contribution in [0.4, 0.5) is 21.7 Å². The largest absolute Gasteiger partial charge is 0.481 e. The van der Waals surface area contributed by atoms with Crippen LogP contribution in [0.1, 0.15) is 35.7 Å². The summed E-state index contributed by atoms with van der Waals surface area (Å²) in [5, 5.41) is 6.99. The number of methoxy groups -OCH3 is 1. The number of hydrogen-bond donors (Lipinski definition) is 3. The molecule has 10 nitrogen and oxygen atoms in total. The SMILES string of the molecule is CCN1CCC(Nc2ncnc3[nH]cc(C(=O)c4ccc(Nc5ccc(OC)nc5)nc4F)c23)CC1. The van der Waals surface area contributed by atoms with Crippen molar-refractivity contribution in [3.05, 3.63) is 60.1 Å². The average Bonchev–Trinajstić information content (AvgIpc) is 3.35. The zero-order chi connectivity index (χ0) is 25.1. The topological polar surface area (TPSA) is 121 Å². The van der Waals surface area contributed by atoms with Crippen LogP contribution in [-0.4, -0.2) is 68.4 Å². The monoisotopic (exact) mass is 490 g/mol. The Hall–Kier alpha value is -4.12. The number of halogens is 1. The number of aromatic amines is 1. The van der Waals surface area contributed by atoms with Gasteiger partial charge in [-0.2, -0.15) is 4.39 Å². The molecule has 0 atom stereocenters. The summed E-state index contributed by atoms with van der Waals surface area (Å²) in [5.41, 5.74) is 1.27. The van der Waals surface area contributed by atoms with E-state index in [2.05, 4.69) is 47.4 Å². The number of H-pyrrole nitrogens is 1. The molecular formula is C25H27FN8O2. The van der Waals surface area contributed by atoms with Crippen LogP contribution < -0.4 is 15.4 Å². The molecule has 5 heterocycles. The number of anilines is 3. The Morgan fingerprint density at radius 1 is 1.17 bits per heavy atom. The molecule has 0 unspecified atom stereocenters. The number of likely N-dealkylation sites (tertiary alicyclic amines) is 1. The normalized spacial score (nSPS) is 14.6. The molecule has 186 valence electrons. The predicted molar refractivity (Wildman–Crippen MR) is 134 cm³/mol. The van der Waals surface area contributed by atoms with Gasteiger partial charge in [-0.15, -0.1) is 0 Å². The Labute approximate surface area is 207 Å². The van der Waals surface area contributed by atoms with Gasteiger partial charge in [0.1, 0.15) is 23.6 Å². The first-order valence-corrected chi connectivity index (χ1v) is 11.8. The van der Waals surface area contributed by atoms with E-state index in [1.54, 1.807) is 30.6 Å². The molecular weight excluding hydrogens is 463 g/mol. The first-order chi connectivity index (χ1) is 17.6. The maximum atomic E-state index is 15.0. The molecule has 0 spiro atoms. The van der Waals surface area contributed by atoms with Crippen LogP contribution in [0.2, 0.25) is 0 Å². The lowest BCUT2D eigenvalue weighted by Gasteiger charge is -2.31. The fraction of sp³-hybridized carbons (Fsp3) is 0.320. The highest BCUT2D eigenvalue weighted by atomic mass is 19.1. The summed E-state index contributed by atoms with van der Waals surface area (Å²) in [5.74, 6) is -0.0948. The Morgan fingerprint density at radius 3 is 2.69 bits per heavy atom. The van der Waals surface area contributed by atoms with Gasteiger partial charge >= 0.3 is 0 Å². The van der Waals surface area contributed by atoms with E-state index in [0.717, 1.165) is 32.5 Å². The molecule has 0 aromatic carbocycles. The van der Waals surface area contributed by atoms with Gasteiger partial charge in [0.15, 0.2) is 5.78 Å². The minimum Gasteiger partial charge on any atom is -0.481 e. The second-order valence-electron chi connectivity index (χ2n) is 8.58. The van der Waals surface area contributed by atoms with Gasteiger partial charge in [-0.25, -0.2) is 19.9 Å². The number of carbonyl (C=O) groups excluding carboxylic acids is 1. The molecule has 5 rings (SSSR count). The summed E-state index contributed by atoms with van der Waals surface area (Å²) in [6, 6.07) is 6.61. The molecule has 0 radical (unpaired) electrons. The first-order valence-electron chi connectivity index (χ1n) is 11.8. The second kappa shape index (κ2) is 10.2. The Kier molecular flexibility index (Phi) is 6.72. The second-order valence-corrected chi connectivity index (χ2v) is 8.58. The van der Waals surface area contributed by atoms with Gasteiger partial charge in [0.2, 0.25) is 11.8 Å². The molecule has 1 aliphatic heterocycles. The molecule has 4 aromatic heterocycles. The van der Waals surface area contributed by atoms with E-state index in [1.807, 2.05) is 0 Å².